The highest BCUT2D eigenvalue weighted by molar-refractivity contribution is 9.10. The molecule has 0 aliphatic rings. The summed E-state index contributed by atoms with van der Waals surface area (Å²) in [5, 5.41) is 21.0. The van der Waals surface area contributed by atoms with Crippen LogP contribution in [-0.2, 0) is 5.41 Å². The van der Waals surface area contributed by atoms with Crippen LogP contribution in [0.2, 0.25) is 0 Å². The van der Waals surface area contributed by atoms with Crippen molar-refractivity contribution in [3.63, 3.8) is 0 Å². The molecule has 0 spiro atoms. The van der Waals surface area contributed by atoms with E-state index in [9.17, 15) is 0 Å². The average molecular weight is 304 g/mol. The van der Waals surface area contributed by atoms with Gasteiger partial charge in [0.1, 0.15) is 16.2 Å². The van der Waals surface area contributed by atoms with Crippen LogP contribution >= 0.6 is 15.9 Å². The lowest BCUT2D eigenvalue weighted by Crippen LogP contribution is -2.29. The second-order valence-corrected chi connectivity index (χ2v) is 5.67. The number of hydrogen-bond donors (Lipinski definition) is 3. The molecule has 6 heteroatoms. The standard InChI is InChI=1S/C11H18BrN3O2/c1-11(2,3)10-14-8(12)4-9(15-10)13-7(5-16)6-17/h4,7,16-17H,5-6H2,1-3H3,(H,13,14,15). The number of hydrogen-bond acceptors (Lipinski definition) is 5. The predicted octanol–water partition coefficient (Wildman–Crippen LogP) is 1.30. The van der Waals surface area contributed by atoms with Gasteiger partial charge in [-0.05, 0) is 15.9 Å². The Morgan fingerprint density at radius 1 is 1.29 bits per heavy atom. The topological polar surface area (TPSA) is 78.3 Å². The zero-order valence-electron chi connectivity index (χ0n) is 10.2. The summed E-state index contributed by atoms with van der Waals surface area (Å²) in [6, 6.07) is 1.30. The van der Waals surface area contributed by atoms with E-state index in [0.29, 0.717) is 16.2 Å². The number of nitrogens with zero attached hydrogens (tertiary/aromatic N) is 2. The SMILES string of the molecule is CC(C)(C)c1nc(Br)cc(NC(CO)CO)n1. The van der Waals surface area contributed by atoms with Gasteiger partial charge in [-0.3, -0.25) is 0 Å². The second-order valence-electron chi connectivity index (χ2n) is 4.86. The molecule has 96 valence electrons. The fraction of sp³-hybridized carbons (Fsp3) is 0.636. The van der Waals surface area contributed by atoms with Crippen LogP contribution in [0.25, 0.3) is 0 Å². The van der Waals surface area contributed by atoms with Gasteiger partial charge in [0.15, 0.2) is 0 Å². The molecule has 0 amide bonds. The van der Waals surface area contributed by atoms with E-state index in [1.54, 1.807) is 6.07 Å². The van der Waals surface area contributed by atoms with Gasteiger partial charge in [0.05, 0.1) is 19.3 Å². The molecule has 0 fully saturated rings. The highest BCUT2D eigenvalue weighted by atomic mass is 79.9. The van der Waals surface area contributed by atoms with Gasteiger partial charge in [-0.1, -0.05) is 20.8 Å². The minimum atomic E-state index is -0.412. The maximum absolute atomic E-state index is 9.01. The van der Waals surface area contributed by atoms with Crippen LogP contribution < -0.4 is 5.32 Å². The summed E-state index contributed by atoms with van der Waals surface area (Å²) in [5.74, 6) is 1.29. The molecule has 0 atom stereocenters. The second kappa shape index (κ2) is 5.75. The number of rotatable bonds is 4. The van der Waals surface area contributed by atoms with E-state index in [4.69, 9.17) is 10.2 Å². The van der Waals surface area contributed by atoms with Gasteiger partial charge in [-0.25, -0.2) is 9.97 Å². The van der Waals surface area contributed by atoms with Crippen molar-refractivity contribution in [2.45, 2.75) is 32.2 Å². The first-order chi connectivity index (χ1) is 7.86. The van der Waals surface area contributed by atoms with Crippen LogP contribution in [0, 0.1) is 0 Å². The third-order valence-electron chi connectivity index (χ3n) is 2.16. The van der Waals surface area contributed by atoms with Gasteiger partial charge >= 0.3 is 0 Å². The lowest BCUT2D eigenvalue weighted by atomic mass is 9.96. The van der Waals surface area contributed by atoms with Crippen molar-refractivity contribution < 1.29 is 10.2 Å². The molecule has 17 heavy (non-hydrogen) atoms. The van der Waals surface area contributed by atoms with Gasteiger partial charge in [0, 0.05) is 11.5 Å². The number of halogens is 1. The monoisotopic (exact) mass is 303 g/mol. The quantitative estimate of drug-likeness (QED) is 0.731. The van der Waals surface area contributed by atoms with Crippen molar-refractivity contribution in [3.8, 4) is 0 Å². The van der Waals surface area contributed by atoms with Crippen LogP contribution in [0.4, 0.5) is 5.82 Å². The molecule has 0 radical (unpaired) electrons. The zero-order chi connectivity index (χ0) is 13.1. The highest BCUT2D eigenvalue weighted by Crippen LogP contribution is 2.22. The molecule has 1 heterocycles. The smallest absolute Gasteiger partial charge is 0.137 e. The summed E-state index contributed by atoms with van der Waals surface area (Å²) >= 11 is 3.32. The van der Waals surface area contributed by atoms with Crippen LogP contribution in [0.15, 0.2) is 10.7 Å². The lowest BCUT2D eigenvalue weighted by molar-refractivity contribution is 0.203. The van der Waals surface area contributed by atoms with E-state index < -0.39 is 6.04 Å². The lowest BCUT2D eigenvalue weighted by Gasteiger charge is -2.19. The Labute approximate surface area is 109 Å². The Kier molecular flexibility index (Phi) is 4.85. The molecule has 3 N–H and O–H groups in total. The average Bonchev–Trinajstić information content (AvgIpc) is 2.24. The van der Waals surface area contributed by atoms with Crippen molar-refractivity contribution in [1.29, 1.82) is 0 Å². The number of aromatic nitrogens is 2. The van der Waals surface area contributed by atoms with E-state index in [1.165, 1.54) is 0 Å². The molecule has 1 aromatic heterocycles. The van der Waals surface area contributed by atoms with E-state index in [1.807, 2.05) is 20.8 Å². The third-order valence-corrected chi connectivity index (χ3v) is 2.56. The van der Waals surface area contributed by atoms with Crippen molar-refractivity contribution in [1.82, 2.24) is 9.97 Å². The summed E-state index contributed by atoms with van der Waals surface area (Å²) in [6.45, 7) is 5.77. The molecular formula is C11H18BrN3O2. The van der Waals surface area contributed by atoms with Crippen LogP contribution in [0.3, 0.4) is 0 Å². The molecule has 0 saturated carbocycles. The molecule has 1 rings (SSSR count). The number of aliphatic hydroxyl groups is 2. The van der Waals surface area contributed by atoms with Crippen molar-refractivity contribution in [2.75, 3.05) is 18.5 Å². The number of anilines is 1. The Morgan fingerprint density at radius 2 is 1.88 bits per heavy atom. The summed E-state index contributed by atoms with van der Waals surface area (Å²) in [6.07, 6.45) is 0. The van der Waals surface area contributed by atoms with Crippen molar-refractivity contribution in [3.05, 3.63) is 16.5 Å². The molecule has 0 unspecified atom stereocenters. The fourth-order valence-corrected chi connectivity index (χ4v) is 1.57. The molecule has 0 aromatic carbocycles. The largest absolute Gasteiger partial charge is 0.394 e. The minimum Gasteiger partial charge on any atom is -0.394 e. The summed E-state index contributed by atoms with van der Waals surface area (Å²) in [4.78, 5) is 8.67. The first kappa shape index (κ1) is 14.3. The maximum atomic E-state index is 9.01. The van der Waals surface area contributed by atoms with Crippen molar-refractivity contribution in [2.24, 2.45) is 0 Å². The van der Waals surface area contributed by atoms with Crippen molar-refractivity contribution >= 4 is 21.7 Å². The molecule has 0 bridgehead atoms. The van der Waals surface area contributed by atoms with E-state index >= 15 is 0 Å². The molecule has 5 nitrogen and oxygen atoms in total. The molecule has 0 aliphatic carbocycles. The Morgan fingerprint density at radius 3 is 2.35 bits per heavy atom. The molecular weight excluding hydrogens is 286 g/mol. The molecule has 0 aliphatic heterocycles. The summed E-state index contributed by atoms with van der Waals surface area (Å²) < 4.78 is 0.676. The fourth-order valence-electron chi connectivity index (χ4n) is 1.19. The van der Waals surface area contributed by atoms with Crippen LogP contribution in [0.1, 0.15) is 26.6 Å². The van der Waals surface area contributed by atoms with E-state index in [2.05, 4.69) is 31.2 Å². The van der Waals surface area contributed by atoms with Gasteiger partial charge < -0.3 is 15.5 Å². The minimum absolute atomic E-state index is 0.150. The normalized spacial score (nSPS) is 11.9. The number of aliphatic hydroxyl groups excluding tert-OH is 2. The molecule has 0 saturated heterocycles. The third kappa shape index (κ3) is 4.22. The molecule has 1 aromatic rings. The first-order valence-corrected chi connectivity index (χ1v) is 6.19. The van der Waals surface area contributed by atoms with E-state index in [-0.39, 0.29) is 18.6 Å². The van der Waals surface area contributed by atoms with E-state index in [0.717, 1.165) is 0 Å². The Hall–Kier alpha value is -0.720. The van der Waals surface area contributed by atoms with Gasteiger partial charge in [-0.2, -0.15) is 0 Å². The van der Waals surface area contributed by atoms with Crippen LogP contribution in [0.5, 0.6) is 0 Å². The van der Waals surface area contributed by atoms with Gasteiger partial charge in [0.2, 0.25) is 0 Å². The summed E-state index contributed by atoms with van der Waals surface area (Å²) in [7, 11) is 0. The highest BCUT2D eigenvalue weighted by Gasteiger charge is 2.19. The van der Waals surface area contributed by atoms with Gasteiger partial charge in [-0.15, -0.1) is 0 Å². The van der Waals surface area contributed by atoms with Crippen LogP contribution in [-0.4, -0.2) is 39.4 Å². The Bertz CT molecular complexity index is 375. The number of nitrogens with one attached hydrogen (secondary N) is 1. The predicted molar refractivity (Wildman–Crippen MR) is 70.0 cm³/mol. The zero-order valence-corrected chi connectivity index (χ0v) is 11.8. The summed E-state index contributed by atoms with van der Waals surface area (Å²) in [5.41, 5.74) is -0.159. The first-order valence-electron chi connectivity index (χ1n) is 5.40. The maximum Gasteiger partial charge on any atom is 0.137 e. The Balaban J connectivity index is 2.97. The van der Waals surface area contributed by atoms with Gasteiger partial charge in [0.25, 0.3) is 0 Å².